The number of rotatable bonds is 4. The summed E-state index contributed by atoms with van der Waals surface area (Å²) in [5.41, 5.74) is 3.61. The van der Waals surface area contributed by atoms with Gasteiger partial charge in [0.05, 0.1) is 5.52 Å². The Morgan fingerprint density at radius 2 is 1.97 bits per heavy atom. The molecule has 0 aliphatic carbocycles. The first-order valence-electron chi connectivity index (χ1n) is 10.8. The maximum atomic E-state index is 12.3. The summed E-state index contributed by atoms with van der Waals surface area (Å²) >= 11 is 6.27. The van der Waals surface area contributed by atoms with Gasteiger partial charge in [0.2, 0.25) is 5.95 Å². The topological polar surface area (TPSA) is 78.7 Å². The summed E-state index contributed by atoms with van der Waals surface area (Å²) in [5, 5.41) is 13.4. The molecule has 0 spiro atoms. The lowest BCUT2D eigenvalue weighted by Gasteiger charge is -2.35. The maximum Gasteiger partial charge on any atom is 0.317 e. The lowest BCUT2D eigenvalue weighted by Crippen LogP contribution is -2.52. The van der Waals surface area contributed by atoms with Crippen LogP contribution < -0.4 is 10.2 Å². The molecule has 0 atom stereocenters. The number of piperazine rings is 1. The number of anilines is 1. The Bertz CT molecular complexity index is 1360. The Kier molecular flexibility index (Phi) is 5.60. The zero-order valence-electron chi connectivity index (χ0n) is 18.3. The Labute approximate surface area is 196 Å². The van der Waals surface area contributed by atoms with E-state index in [1.807, 2.05) is 39.6 Å². The van der Waals surface area contributed by atoms with Gasteiger partial charge in [-0.2, -0.15) is 0 Å². The van der Waals surface area contributed by atoms with Crippen LogP contribution in [0.15, 0.2) is 55.1 Å². The summed E-state index contributed by atoms with van der Waals surface area (Å²) in [4.78, 5) is 21.3. The van der Waals surface area contributed by atoms with Crippen molar-refractivity contribution >= 4 is 40.1 Å². The Hall–Kier alpha value is -3.65. The van der Waals surface area contributed by atoms with E-state index in [4.69, 9.17) is 16.6 Å². The Morgan fingerprint density at radius 1 is 1.15 bits per heavy atom. The smallest absolute Gasteiger partial charge is 0.317 e. The first kappa shape index (κ1) is 21.2. The second-order valence-corrected chi connectivity index (χ2v) is 8.51. The second kappa shape index (κ2) is 8.71. The highest BCUT2D eigenvalue weighted by atomic mass is 35.5. The van der Waals surface area contributed by atoms with Gasteiger partial charge in [0.15, 0.2) is 11.5 Å². The number of halogens is 1. The highest BCUT2D eigenvalue weighted by Crippen LogP contribution is 2.30. The number of hydrogen-bond donors (Lipinski definition) is 1. The molecule has 0 unspecified atom stereocenters. The van der Waals surface area contributed by atoms with E-state index in [-0.39, 0.29) is 6.03 Å². The summed E-state index contributed by atoms with van der Waals surface area (Å²) in [7, 11) is 0. The molecule has 2 amide bonds. The highest BCUT2D eigenvalue weighted by Gasteiger charge is 2.26. The van der Waals surface area contributed by atoms with Crippen LogP contribution in [0.1, 0.15) is 5.56 Å². The molecule has 1 fully saturated rings. The molecule has 168 valence electrons. The molecular formula is C24H24ClN7O. The number of amides is 2. The van der Waals surface area contributed by atoms with Crippen molar-refractivity contribution in [2.75, 3.05) is 37.6 Å². The molecule has 1 aliphatic rings. The molecule has 1 N–H and O–H groups in total. The largest absolute Gasteiger partial charge is 0.338 e. The van der Waals surface area contributed by atoms with Crippen LogP contribution in [0.4, 0.5) is 10.7 Å². The molecule has 4 aromatic rings. The number of hydrogen-bond acceptors (Lipinski definition) is 5. The van der Waals surface area contributed by atoms with E-state index >= 15 is 0 Å². The van der Waals surface area contributed by atoms with Gasteiger partial charge in [-0.05, 0) is 31.2 Å². The lowest BCUT2D eigenvalue weighted by atomic mass is 10.1. The van der Waals surface area contributed by atoms with Crippen LogP contribution in [0.3, 0.4) is 0 Å². The van der Waals surface area contributed by atoms with Crippen LogP contribution in [0.25, 0.3) is 27.9 Å². The van der Waals surface area contributed by atoms with Gasteiger partial charge in [0, 0.05) is 48.7 Å². The first-order chi connectivity index (χ1) is 16.0. The molecule has 0 radical (unpaired) electrons. The van der Waals surface area contributed by atoms with Crippen LogP contribution >= 0.6 is 11.6 Å². The van der Waals surface area contributed by atoms with Crippen molar-refractivity contribution in [2.24, 2.45) is 0 Å². The van der Waals surface area contributed by atoms with Gasteiger partial charge in [-0.3, -0.25) is 0 Å². The number of aryl methyl sites for hydroxylation is 1. The normalized spacial score (nSPS) is 14.1. The van der Waals surface area contributed by atoms with Crippen molar-refractivity contribution in [1.29, 1.82) is 0 Å². The number of carbonyl (C=O) groups excluding carboxylic acids is 1. The third-order valence-corrected chi connectivity index (χ3v) is 6.04. The number of nitrogens with one attached hydrogen (secondary N) is 1. The van der Waals surface area contributed by atoms with Crippen molar-refractivity contribution in [2.45, 2.75) is 6.92 Å². The van der Waals surface area contributed by atoms with E-state index in [0.29, 0.717) is 37.7 Å². The Morgan fingerprint density at radius 3 is 2.73 bits per heavy atom. The molecule has 1 aliphatic heterocycles. The fourth-order valence-electron chi connectivity index (χ4n) is 4.16. The SMILES string of the molecule is C=CCNC(=O)N1CCN(c2nc3cc(Cl)ccc3c3nnc(-c4cccc(C)c4)n23)CC1. The summed E-state index contributed by atoms with van der Waals surface area (Å²) in [6.45, 7) is 8.61. The Balaban J connectivity index is 1.59. The van der Waals surface area contributed by atoms with E-state index in [1.165, 1.54) is 0 Å². The molecule has 3 heterocycles. The van der Waals surface area contributed by atoms with E-state index in [9.17, 15) is 4.79 Å². The maximum absolute atomic E-state index is 12.3. The predicted molar refractivity (Wildman–Crippen MR) is 131 cm³/mol. The third-order valence-electron chi connectivity index (χ3n) is 5.81. The number of fused-ring (bicyclic) bond motifs is 3. The summed E-state index contributed by atoms with van der Waals surface area (Å²) in [6.07, 6.45) is 1.67. The van der Waals surface area contributed by atoms with Crippen LogP contribution in [-0.2, 0) is 0 Å². The molecule has 2 aromatic carbocycles. The number of aromatic nitrogens is 4. The van der Waals surface area contributed by atoms with Gasteiger partial charge in [-0.15, -0.1) is 16.8 Å². The minimum Gasteiger partial charge on any atom is -0.338 e. The number of nitrogens with zero attached hydrogens (tertiary/aromatic N) is 6. The van der Waals surface area contributed by atoms with Crippen LogP contribution in [-0.4, -0.2) is 63.2 Å². The molecular weight excluding hydrogens is 438 g/mol. The van der Waals surface area contributed by atoms with Gasteiger partial charge in [0.25, 0.3) is 0 Å². The van der Waals surface area contributed by atoms with Gasteiger partial charge < -0.3 is 15.1 Å². The van der Waals surface area contributed by atoms with Crippen molar-refractivity contribution in [3.63, 3.8) is 0 Å². The van der Waals surface area contributed by atoms with Gasteiger partial charge in [-0.1, -0.05) is 41.4 Å². The number of benzene rings is 2. The van der Waals surface area contributed by atoms with Crippen LogP contribution in [0.5, 0.6) is 0 Å². The van der Waals surface area contributed by atoms with Gasteiger partial charge in [0.1, 0.15) is 0 Å². The molecule has 2 aromatic heterocycles. The zero-order chi connectivity index (χ0) is 22.9. The standard InChI is InChI=1S/C24H24ClN7O/c1-3-9-26-24(33)31-12-10-30(11-13-31)23-27-20-15-18(25)7-8-19(20)22-29-28-21(32(22)23)17-6-4-5-16(2)14-17/h3-8,14-15H,1,9-13H2,2H3,(H,26,33). The van der Waals surface area contributed by atoms with E-state index in [1.54, 1.807) is 6.08 Å². The molecule has 5 rings (SSSR count). The van der Waals surface area contributed by atoms with Crippen molar-refractivity contribution < 1.29 is 4.79 Å². The highest BCUT2D eigenvalue weighted by molar-refractivity contribution is 6.31. The van der Waals surface area contributed by atoms with Crippen LogP contribution in [0, 0.1) is 6.92 Å². The van der Waals surface area contributed by atoms with Crippen molar-refractivity contribution in [1.82, 2.24) is 29.8 Å². The van der Waals surface area contributed by atoms with Crippen molar-refractivity contribution in [3.8, 4) is 11.4 Å². The zero-order valence-corrected chi connectivity index (χ0v) is 19.1. The molecule has 33 heavy (non-hydrogen) atoms. The van der Waals surface area contributed by atoms with E-state index in [2.05, 4.69) is 46.0 Å². The molecule has 0 saturated carbocycles. The molecule has 1 saturated heterocycles. The van der Waals surface area contributed by atoms with Gasteiger partial charge >= 0.3 is 6.03 Å². The number of urea groups is 1. The molecule has 0 bridgehead atoms. The monoisotopic (exact) mass is 461 g/mol. The van der Waals surface area contributed by atoms with Gasteiger partial charge in [-0.25, -0.2) is 14.2 Å². The minimum atomic E-state index is -0.0808. The first-order valence-corrected chi connectivity index (χ1v) is 11.2. The minimum absolute atomic E-state index is 0.0808. The number of carbonyl (C=O) groups is 1. The molecule has 8 nitrogen and oxygen atoms in total. The van der Waals surface area contributed by atoms with Crippen molar-refractivity contribution in [3.05, 3.63) is 65.7 Å². The van der Waals surface area contributed by atoms with E-state index < -0.39 is 0 Å². The fraction of sp³-hybridized carbons (Fsp3) is 0.250. The summed E-state index contributed by atoms with van der Waals surface area (Å²) < 4.78 is 2.01. The summed E-state index contributed by atoms with van der Waals surface area (Å²) in [6, 6.07) is 13.7. The molecule has 9 heteroatoms. The fourth-order valence-corrected chi connectivity index (χ4v) is 4.32. The van der Waals surface area contributed by atoms with Crippen LogP contribution in [0.2, 0.25) is 5.02 Å². The summed E-state index contributed by atoms with van der Waals surface area (Å²) in [5.74, 6) is 1.48. The quantitative estimate of drug-likeness (QED) is 0.466. The average molecular weight is 462 g/mol. The predicted octanol–water partition coefficient (Wildman–Crippen LogP) is 3.92. The second-order valence-electron chi connectivity index (χ2n) is 8.07. The third kappa shape index (κ3) is 3.98. The average Bonchev–Trinajstić information content (AvgIpc) is 3.27. The van der Waals surface area contributed by atoms with E-state index in [0.717, 1.165) is 39.4 Å². The lowest BCUT2D eigenvalue weighted by molar-refractivity contribution is 0.195.